The molecule has 3 rings (SSSR count). The maximum atomic E-state index is 11.6. The molecular weight excluding hydrogens is 504 g/mol. The van der Waals surface area contributed by atoms with Gasteiger partial charge in [0.15, 0.2) is 0 Å². The fourth-order valence-corrected chi connectivity index (χ4v) is 5.67. The number of hydrogen-bond donors (Lipinski definition) is 0. The Morgan fingerprint density at radius 1 is 0.537 bits per heavy atom. The average molecular weight is 561 g/mol. The van der Waals surface area contributed by atoms with E-state index in [9.17, 15) is 4.79 Å². The molecule has 3 heteroatoms. The highest BCUT2D eigenvalue weighted by molar-refractivity contribution is 6.00. The van der Waals surface area contributed by atoms with Crippen molar-refractivity contribution in [2.45, 2.75) is 135 Å². The van der Waals surface area contributed by atoms with Crippen LogP contribution in [0.5, 0.6) is 5.75 Å². The van der Waals surface area contributed by atoms with Crippen molar-refractivity contribution in [2.24, 2.45) is 0 Å². The summed E-state index contributed by atoms with van der Waals surface area (Å²) in [6.07, 6.45) is 25.0. The molecule has 226 valence electrons. The first-order valence-electron chi connectivity index (χ1n) is 17.0. The van der Waals surface area contributed by atoms with E-state index in [1.54, 1.807) is 0 Å². The number of carbonyl (C=O) groups excluding carboxylic acids is 1. The minimum absolute atomic E-state index is 0.00814. The van der Waals surface area contributed by atoms with Crippen LogP contribution in [0.4, 0.5) is 0 Å². The van der Waals surface area contributed by atoms with Gasteiger partial charge in [0.1, 0.15) is 5.75 Å². The molecule has 0 heterocycles. The molecule has 0 bridgehead atoms. The summed E-state index contributed by atoms with van der Waals surface area (Å²) < 4.78 is 11.4. The van der Waals surface area contributed by atoms with Gasteiger partial charge in [-0.2, -0.15) is 0 Å². The first-order chi connectivity index (χ1) is 20.3. The molecule has 0 aliphatic carbocycles. The Morgan fingerprint density at radius 3 is 1.63 bits per heavy atom. The SMILES string of the molecule is CCCCOC(=O)CCCCCCCCCCCCCCCCCCCOc1cccc2cc3ccccc3cc12. The van der Waals surface area contributed by atoms with E-state index in [0.29, 0.717) is 13.0 Å². The molecule has 0 aromatic heterocycles. The number of benzene rings is 3. The number of rotatable bonds is 24. The van der Waals surface area contributed by atoms with Crippen LogP contribution in [0.3, 0.4) is 0 Å². The lowest BCUT2D eigenvalue weighted by Crippen LogP contribution is -2.05. The lowest BCUT2D eigenvalue weighted by molar-refractivity contribution is -0.143. The average Bonchev–Trinajstić information content (AvgIpc) is 2.99. The quantitative estimate of drug-likeness (QED) is 0.0621. The summed E-state index contributed by atoms with van der Waals surface area (Å²) in [5.41, 5.74) is 0. The monoisotopic (exact) mass is 560 g/mol. The highest BCUT2D eigenvalue weighted by atomic mass is 16.5. The van der Waals surface area contributed by atoms with Gasteiger partial charge in [0, 0.05) is 11.8 Å². The highest BCUT2D eigenvalue weighted by Crippen LogP contribution is 2.30. The summed E-state index contributed by atoms with van der Waals surface area (Å²) in [5.74, 6) is 1.01. The lowest BCUT2D eigenvalue weighted by Gasteiger charge is -2.10. The van der Waals surface area contributed by atoms with Crippen LogP contribution in [-0.2, 0) is 9.53 Å². The van der Waals surface area contributed by atoms with Gasteiger partial charge in [0.05, 0.1) is 13.2 Å². The molecule has 41 heavy (non-hydrogen) atoms. The lowest BCUT2D eigenvalue weighted by atomic mass is 10.0. The van der Waals surface area contributed by atoms with E-state index in [4.69, 9.17) is 9.47 Å². The number of hydrogen-bond acceptors (Lipinski definition) is 3. The Morgan fingerprint density at radius 2 is 1.05 bits per heavy atom. The van der Waals surface area contributed by atoms with Crippen LogP contribution in [0, 0.1) is 0 Å². The van der Waals surface area contributed by atoms with Crippen molar-refractivity contribution in [3.63, 3.8) is 0 Å². The molecule has 0 atom stereocenters. The van der Waals surface area contributed by atoms with Gasteiger partial charge >= 0.3 is 5.97 Å². The standard InChI is InChI=1S/C38H56O3/c1-2-3-29-41-38(39)28-19-17-15-13-11-9-7-5-4-6-8-10-12-14-16-18-22-30-40-37-27-23-26-35-31-33-24-20-21-25-34(33)32-36(35)37/h20-21,23-27,31-32H,2-19,22,28-30H2,1H3. The second-order valence-corrected chi connectivity index (χ2v) is 11.9. The van der Waals surface area contributed by atoms with E-state index in [2.05, 4.69) is 61.5 Å². The van der Waals surface area contributed by atoms with Crippen LogP contribution in [0.2, 0.25) is 0 Å². The molecule has 0 N–H and O–H groups in total. The Hall–Kier alpha value is -2.55. The number of esters is 1. The molecule has 0 saturated carbocycles. The number of ether oxygens (including phenoxy) is 2. The van der Waals surface area contributed by atoms with E-state index in [-0.39, 0.29) is 5.97 Å². The van der Waals surface area contributed by atoms with Gasteiger partial charge < -0.3 is 9.47 Å². The topological polar surface area (TPSA) is 35.5 Å². The molecule has 0 fully saturated rings. The zero-order valence-corrected chi connectivity index (χ0v) is 26.0. The van der Waals surface area contributed by atoms with E-state index >= 15 is 0 Å². The van der Waals surface area contributed by atoms with Gasteiger partial charge in [-0.25, -0.2) is 0 Å². The summed E-state index contributed by atoms with van der Waals surface area (Å²) in [5, 5.41) is 5.03. The molecule has 0 unspecified atom stereocenters. The molecule has 0 aliphatic rings. The smallest absolute Gasteiger partial charge is 0.305 e. The van der Waals surface area contributed by atoms with Crippen molar-refractivity contribution >= 4 is 27.5 Å². The van der Waals surface area contributed by atoms with Crippen LogP contribution in [-0.4, -0.2) is 19.2 Å². The first kappa shape index (κ1) is 33.0. The minimum atomic E-state index is -0.00814. The molecule has 0 saturated heterocycles. The predicted octanol–water partition coefficient (Wildman–Crippen LogP) is 11.7. The maximum Gasteiger partial charge on any atom is 0.305 e. The van der Waals surface area contributed by atoms with Gasteiger partial charge in [-0.3, -0.25) is 4.79 Å². The first-order valence-corrected chi connectivity index (χ1v) is 17.0. The zero-order valence-electron chi connectivity index (χ0n) is 26.0. The van der Waals surface area contributed by atoms with Crippen molar-refractivity contribution < 1.29 is 14.3 Å². The molecule has 0 spiro atoms. The van der Waals surface area contributed by atoms with Gasteiger partial charge in [0.2, 0.25) is 0 Å². The summed E-state index contributed by atoms with van der Waals surface area (Å²) in [6.45, 7) is 3.52. The van der Waals surface area contributed by atoms with E-state index in [1.165, 1.54) is 118 Å². The highest BCUT2D eigenvalue weighted by Gasteiger charge is 2.05. The maximum absolute atomic E-state index is 11.6. The van der Waals surface area contributed by atoms with Gasteiger partial charge in [-0.1, -0.05) is 146 Å². The molecule has 3 aromatic rings. The zero-order chi connectivity index (χ0) is 28.8. The van der Waals surface area contributed by atoms with Gasteiger partial charge in [-0.15, -0.1) is 0 Å². The van der Waals surface area contributed by atoms with Crippen LogP contribution >= 0.6 is 0 Å². The molecule has 0 radical (unpaired) electrons. The van der Waals surface area contributed by atoms with Crippen molar-refractivity contribution in [1.29, 1.82) is 0 Å². The Bertz CT molecular complexity index is 1110. The van der Waals surface area contributed by atoms with E-state index < -0.39 is 0 Å². The van der Waals surface area contributed by atoms with Gasteiger partial charge in [-0.05, 0) is 53.6 Å². The second-order valence-electron chi connectivity index (χ2n) is 11.9. The van der Waals surface area contributed by atoms with Crippen LogP contribution < -0.4 is 4.74 Å². The molecular formula is C38H56O3. The minimum Gasteiger partial charge on any atom is -0.493 e. The molecule has 0 aliphatic heterocycles. The molecule has 0 amide bonds. The van der Waals surface area contributed by atoms with Crippen molar-refractivity contribution in [1.82, 2.24) is 0 Å². The van der Waals surface area contributed by atoms with Crippen molar-refractivity contribution in [3.05, 3.63) is 54.6 Å². The third-order valence-corrected chi connectivity index (χ3v) is 8.25. The summed E-state index contributed by atoms with van der Waals surface area (Å²) in [7, 11) is 0. The third kappa shape index (κ3) is 13.8. The predicted molar refractivity (Wildman–Crippen MR) is 176 cm³/mol. The van der Waals surface area contributed by atoms with Crippen LogP contribution in [0.25, 0.3) is 21.5 Å². The fraction of sp³-hybridized carbons (Fsp3) is 0.605. The Balaban J connectivity index is 1.06. The van der Waals surface area contributed by atoms with Crippen molar-refractivity contribution in [3.8, 4) is 5.75 Å². The van der Waals surface area contributed by atoms with Crippen LogP contribution in [0.1, 0.15) is 135 Å². The van der Waals surface area contributed by atoms with Crippen molar-refractivity contribution in [2.75, 3.05) is 13.2 Å². The van der Waals surface area contributed by atoms with Gasteiger partial charge in [0.25, 0.3) is 0 Å². The number of unbranched alkanes of at least 4 members (excludes halogenated alkanes) is 17. The van der Waals surface area contributed by atoms with E-state index in [0.717, 1.165) is 38.0 Å². The summed E-state index contributed by atoms with van der Waals surface area (Å²) in [6, 6.07) is 19.5. The molecule has 3 aromatic carbocycles. The second kappa shape index (κ2) is 21.2. The fourth-order valence-electron chi connectivity index (χ4n) is 5.67. The largest absolute Gasteiger partial charge is 0.493 e. The normalized spacial score (nSPS) is 11.3. The summed E-state index contributed by atoms with van der Waals surface area (Å²) in [4.78, 5) is 11.6. The molecule has 3 nitrogen and oxygen atoms in total. The Labute approximate surface area is 250 Å². The van der Waals surface area contributed by atoms with Crippen LogP contribution in [0.15, 0.2) is 54.6 Å². The summed E-state index contributed by atoms with van der Waals surface area (Å²) >= 11 is 0. The number of carbonyl (C=O) groups is 1. The number of fused-ring (bicyclic) bond motifs is 2. The third-order valence-electron chi connectivity index (χ3n) is 8.25. The Kier molecular flexibility index (Phi) is 17.0. The van der Waals surface area contributed by atoms with E-state index in [1.807, 2.05) is 0 Å².